The summed E-state index contributed by atoms with van der Waals surface area (Å²) in [6.07, 6.45) is 0. The molecule has 0 saturated heterocycles. The second-order valence-electron chi connectivity index (χ2n) is 5.00. The van der Waals surface area contributed by atoms with E-state index in [2.05, 4.69) is 0 Å². The van der Waals surface area contributed by atoms with Gasteiger partial charge in [0.05, 0.1) is 5.00 Å². The van der Waals surface area contributed by atoms with Gasteiger partial charge in [-0.3, -0.25) is 4.21 Å². The summed E-state index contributed by atoms with van der Waals surface area (Å²) in [5.74, 6) is 0. The lowest BCUT2D eigenvalue weighted by molar-refractivity contribution is 0.378. The number of benzene rings is 2. The van der Waals surface area contributed by atoms with Crippen molar-refractivity contribution < 1.29 is 8.76 Å². The van der Waals surface area contributed by atoms with Crippen molar-refractivity contribution >= 4 is 27.6 Å². The lowest BCUT2D eigenvalue weighted by Gasteiger charge is -2.24. The number of anilines is 1. The zero-order valence-corrected chi connectivity index (χ0v) is 14.7. The Hall–Kier alpha value is -1.99. The van der Waals surface area contributed by atoms with Gasteiger partial charge in [0.15, 0.2) is 0 Å². The van der Waals surface area contributed by atoms with Crippen molar-refractivity contribution in [1.82, 2.24) is 4.31 Å². The molecule has 1 aromatic heterocycles. The van der Waals surface area contributed by atoms with E-state index in [0.29, 0.717) is 13.1 Å². The van der Waals surface area contributed by atoms with Crippen LogP contribution in [0.15, 0.2) is 78.2 Å². The summed E-state index contributed by atoms with van der Waals surface area (Å²) >= 11 is -0.665. The normalized spacial score (nSPS) is 11.6. The average molecular weight is 359 g/mol. The van der Waals surface area contributed by atoms with E-state index in [9.17, 15) is 8.76 Å². The molecule has 2 aromatic carbocycles. The van der Waals surface area contributed by atoms with Crippen LogP contribution >= 0.6 is 11.3 Å². The van der Waals surface area contributed by atoms with E-state index in [0.717, 1.165) is 16.1 Å². The molecule has 1 unspecified atom stereocenters. The quantitative estimate of drug-likeness (QED) is 0.704. The minimum absolute atomic E-state index is 0.395. The molecule has 126 valence electrons. The lowest BCUT2D eigenvalue weighted by Crippen LogP contribution is -2.24. The highest BCUT2D eigenvalue weighted by molar-refractivity contribution is 7.76. The first-order valence-electron chi connectivity index (χ1n) is 7.36. The molecule has 1 atom stereocenters. The summed E-state index contributed by atoms with van der Waals surface area (Å²) in [5, 5.41) is 2.84. The van der Waals surface area contributed by atoms with Gasteiger partial charge in [0.2, 0.25) is 0 Å². The minimum atomic E-state index is -2.22. The van der Waals surface area contributed by atoms with E-state index in [-0.39, 0.29) is 0 Å². The van der Waals surface area contributed by atoms with Crippen LogP contribution in [0.25, 0.3) is 0 Å². The molecule has 3 aromatic rings. The molecule has 4 nitrogen and oxygen atoms in total. The zero-order chi connectivity index (χ0) is 17.2. The molecule has 24 heavy (non-hydrogen) atoms. The molecule has 0 aliphatic rings. The van der Waals surface area contributed by atoms with Gasteiger partial charge in [-0.2, -0.15) is 0 Å². The molecule has 6 heteroatoms. The Morgan fingerprint density at radius 3 is 1.67 bits per heavy atom. The van der Waals surface area contributed by atoms with Crippen LogP contribution in [0.1, 0.15) is 11.1 Å². The van der Waals surface area contributed by atoms with E-state index in [1.54, 1.807) is 11.3 Å². The fourth-order valence-electron chi connectivity index (χ4n) is 2.03. The minimum Gasteiger partial charge on any atom is -0.760 e. The van der Waals surface area contributed by atoms with Crippen molar-refractivity contribution in [3.8, 4) is 0 Å². The number of nitrogens with zero attached hydrogens (tertiary/aromatic N) is 1. The zero-order valence-electron chi connectivity index (χ0n) is 13.1. The maximum atomic E-state index is 11.2. The molecule has 0 bridgehead atoms. The van der Waals surface area contributed by atoms with Crippen molar-refractivity contribution in [2.75, 3.05) is 5.73 Å². The maximum absolute atomic E-state index is 11.2. The van der Waals surface area contributed by atoms with Crippen LogP contribution in [0, 0.1) is 0 Å². The third-order valence-corrected chi connectivity index (χ3v) is 4.54. The summed E-state index contributed by atoms with van der Waals surface area (Å²) in [6.45, 7) is 0.789. The van der Waals surface area contributed by atoms with Gasteiger partial charge in [0.25, 0.3) is 0 Å². The molecule has 1 heterocycles. The van der Waals surface area contributed by atoms with E-state index in [1.165, 1.54) is 4.31 Å². The summed E-state index contributed by atoms with van der Waals surface area (Å²) in [7, 11) is 0. The van der Waals surface area contributed by atoms with Gasteiger partial charge in [-0.25, -0.2) is 4.31 Å². The van der Waals surface area contributed by atoms with E-state index in [1.807, 2.05) is 78.2 Å². The van der Waals surface area contributed by atoms with Crippen LogP contribution in [0.3, 0.4) is 0 Å². The van der Waals surface area contributed by atoms with Crippen LogP contribution < -0.4 is 5.73 Å². The Morgan fingerprint density at radius 2 is 1.38 bits per heavy atom. The Kier molecular flexibility index (Phi) is 7.64. The fourth-order valence-corrected chi connectivity index (χ4v) is 3.01. The van der Waals surface area contributed by atoms with Crippen LogP contribution in [0.2, 0.25) is 0 Å². The van der Waals surface area contributed by atoms with E-state index >= 15 is 0 Å². The van der Waals surface area contributed by atoms with Crippen LogP contribution in [0.5, 0.6) is 0 Å². The maximum Gasteiger partial charge on any atom is 0.0856 e. The smallest absolute Gasteiger partial charge is 0.0856 e. The van der Waals surface area contributed by atoms with Crippen molar-refractivity contribution in [3.05, 3.63) is 89.3 Å². The van der Waals surface area contributed by atoms with Crippen molar-refractivity contribution in [2.45, 2.75) is 13.1 Å². The van der Waals surface area contributed by atoms with Crippen molar-refractivity contribution in [2.24, 2.45) is 0 Å². The Balaban J connectivity index is 0.000000292. The van der Waals surface area contributed by atoms with E-state index < -0.39 is 11.3 Å². The summed E-state index contributed by atoms with van der Waals surface area (Å²) in [6, 6.07) is 23.0. The van der Waals surface area contributed by atoms with Gasteiger partial charge in [-0.05, 0) is 28.6 Å². The molecule has 0 spiro atoms. The predicted octanol–water partition coefficient (Wildman–Crippen LogP) is 3.81. The van der Waals surface area contributed by atoms with Gasteiger partial charge in [-0.1, -0.05) is 60.7 Å². The number of nitrogen functional groups attached to an aromatic ring is 1. The Bertz CT molecular complexity index is 678. The number of thiophene rings is 1. The van der Waals surface area contributed by atoms with Crippen molar-refractivity contribution in [1.29, 1.82) is 0 Å². The molecule has 3 rings (SSSR count). The second kappa shape index (κ2) is 10.00. The molecular formula is C18H19N2O2S2-. The van der Waals surface area contributed by atoms with Gasteiger partial charge in [0.1, 0.15) is 0 Å². The summed E-state index contributed by atoms with van der Waals surface area (Å²) < 4.78 is 23.9. The average Bonchev–Trinajstić information content (AvgIpc) is 3.08. The molecule has 0 amide bonds. The van der Waals surface area contributed by atoms with Crippen molar-refractivity contribution in [3.63, 3.8) is 0 Å². The summed E-state index contributed by atoms with van der Waals surface area (Å²) in [4.78, 5) is 0. The first kappa shape index (κ1) is 18.4. The van der Waals surface area contributed by atoms with Crippen LogP contribution in [-0.4, -0.2) is 13.1 Å². The lowest BCUT2D eigenvalue weighted by atomic mass is 10.2. The molecule has 0 radical (unpaired) electrons. The number of hydrogen-bond acceptors (Lipinski definition) is 4. The highest BCUT2D eigenvalue weighted by Crippen LogP contribution is 2.11. The molecule has 0 aliphatic heterocycles. The standard InChI is InChI=1S/C14H15NO2S.C4H5NS/c16-18(17)15(11-13-7-3-1-4-8-13)12-14-9-5-2-6-10-14;5-4-2-1-3-6-4/h1-10H,11-12H2,(H,16,17);1-3H,5H2/p-1. The third kappa shape index (κ3) is 6.64. The summed E-state index contributed by atoms with van der Waals surface area (Å²) in [5.41, 5.74) is 7.26. The predicted molar refractivity (Wildman–Crippen MR) is 99.8 cm³/mol. The molecule has 0 aliphatic carbocycles. The van der Waals surface area contributed by atoms with E-state index in [4.69, 9.17) is 5.73 Å². The monoisotopic (exact) mass is 359 g/mol. The highest BCUT2D eigenvalue weighted by atomic mass is 32.2. The number of hydrogen-bond donors (Lipinski definition) is 1. The number of rotatable bonds is 5. The second-order valence-corrected chi connectivity index (χ2v) is 6.93. The first-order chi connectivity index (χ1) is 11.6. The van der Waals surface area contributed by atoms with Gasteiger partial charge in [-0.15, -0.1) is 11.3 Å². The van der Waals surface area contributed by atoms with Gasteiger partial charge < -0.3 is 10.3 Å². The van der Waals surface area contributed by atoms with Crippen LogP contribution in [0.4, 0.5) is 5.00 Å². The third-order valence-electron chi connectivity index (χ3n) is 3.16. The molecule has 0 saturated carbocycles. The molecule has 0 fully saturated rings. The fraction of sp³-hybridized carbons (Fsp3) is 0.111. The molecular weight excluding hydrogens is 340 g/mol. The Labute approximate surface area is 149 Å². The Morgan fingerprint density at radius 1 is 0.875 bits per heavy atom. The first-order valence-corrected chi connectivity index (χ1v) is 9.27. The molecule has 2 N–H and O–H groups in total. The topological polar surface area (TPSA) is 69.4 Å². The SMILES string of the molecule is Nc1cccs1.O=S([O-])N(Cc1ccccc1)Cc1ccccc1. The largest absolute Gasteiger partial charge is 0.760 e. The van der Waals surface area contributed by atoms with Gasteiger partial charge in [0, 0.05) is 24.4 Å². The number of nitrogens with two attached hydrogens (primary N) is 1. The highest BCUT2D eigenvalue weighted by Gasteiger charge is 2.07. The van der Waals surface area contributed by atoms with Gasteiger partial charge >= 0.3 is 0 Å². The van der Waals surface area contributed by atoms with Crippen LogP contribution in [-0.2, 0) is 24.4 Å².